The van der Waals surface area contributed by atoms with Crippen molar-refractivity contribution in [2.75, 3.05) is 0 Å². The Hall–Kier alpha value is -1.12. The predicted octanol–water partition coefficient (Wildman–Crippen LogP) is 4.25. The van der Waals surface area contributed by atoms with Crippen molar-refractivity contribution in [1.29, 1.82) is 0 Å². The van der Waals surface area contributed by atoms with Gasteiger partial charge in [0, 0.05) is 0 Å². The van der Waals surface area contributed by atoms with Gasteiger partial charge in [-0.15, -0.1) is 26.3 Å². The Morgan fingerprint density at radius 2 is 1.41 bits per heavy atom. The molecule has 1 aromatic carbocycles. The first kappa shape index (κ1) is 13.9. The third-order valence-electron chi connectivity index (χ3n) is 1.36. The standard InChI is InChI=1S/C8H3BrF6O2/c9-5-3-4(16-7(10,11)12)1-2-6(5)17-8(13,14)15/h1-3H. The lowest BCUT2D eigenvalue weighted by Crippen LogP contribution is -2.18. The van der Waals surface area contributed by atoms with Gasteiger partial charge >= 0.3 is 12.7 Å². The van der Waals surface area contributed by atoms with Gasteiger partial charge in [-0.25, -0.2) is 0 Å². The van der Waals surface area contributed by atoms with Gasteiger partial charge in [-0.05, 0) is 34.1 Å². The smallest absolute Gasteiger partial charge is 0.406 e. The van der Waals surface area contributed by atoms with Crippen LogP contribution in [0.3, 0.4) is 0 Å². The van der Waals surface area contributed by atoms with Crippen LogP contribution in [-0.2, 0) is 0 Å². The zero-order valence-electron chi connectivity index (χ0n) is 7.69. The van der Waals surface area contributed by atoms with E-state index in [0.29, 0.717) is 18.2 Å². The van der Waals surface area contributed by atoms with Crippen LogP contribution in [0.25, 0.3) is 0 Å². The minimum atomic E-state index is -4.92. The molecule has 96 valence electrons. The summed E-state index contributed by atoms with van der Waals surface area (Å²) in [6.45, 7) is 0. The molecule has 0 aliphatic rings. The molecule has 0 aliphatic carbocycles. The zero-order valence-corrected chi connectivity index (χ0v) is 9.28. The molecule has 0 fully saturated rings. The summed E-state index contributed by atoms with van der Waals surface area (Å²) in [5.41, 5.74) is 0. The minimum Gasteiger partial charge on any atom is -0.406 e. The Morgan fingerprint density at radius 1 is 0.882 bits per heavy atom. The monoisotopic (exact) mass is 324 g/mol. The first-order valence-corrected chi connectivity index (χ1v) is 4.67. The fraction of sp³-hybridized carbons (Fsp3) is 0.250. The normalized spacial score (nSPS) is 12.4. The van der Waals surface area contributed by atoms with Crippen molar-refractivity contribution in [3.05, 3.63) is 22.7 Å². The van der Waals surface area contributed by atoms with E-state index in [9.17, 15) is 26.3 Å². The topological polar surface area (TPSA) is 18.5 Å². The second kappa shape index (κ2) is 4.63. The number of hydrogen-bond donors (Lipinski definition) is 0. The fourth-order valence-electron chi connectivity index (χ4n) is 0.886. The molecule has 0 aromatic heterocycles. The first-order valence-electron chi connectivity index (χ1n) is 3.88. The lowest BCUT2D eigenvalue weighted by molar-refractivity contribution is -0.277. The van der Waals surface area contributed by atoms with E-state index in [1.54, 1.807) is 0 Å². The average Bonchev–Trinajstić information content (AvgIpc) is 2.05. The van der Waals surface area contributed by atoms with E-state index in [-0.39, 0.29) is 4.47 Å². The van der Waals surface area contributed by atoms with Gasteiger partial charge in [-0.3, -0.25) is 0 Å². The number of rotatable bonds is 2. The maximum Gasteiger partial charge on any atom is 0.573 e. The second-order valence-corrected chi connectivity index (χ2v) is 3.54. The lowest BCUT2D eigenvalue weighted by atomic mass is 10.3. The molecule has 0 heterocycles. The summed E-state index contributed by atoms with van der Waals surface area (Å²) in [7, 11) is 0. The molecule has 9 heteroatoms. The molecule has 0 N–H and O–H groups in total. The molecule has 1 rings (SSSR count). The molecule has 2 nitrogen and oxygen atoms in total. The summed E-state index contributed by atoms with van der Waals surface area (Å²) in [4.78, 5) is 0. The van der Waals surface area contributed by atoms with Crippen molar-refractivity contribution in [3.63, 3.8) is 0 Å². The maximum absolute atomic E-state index is 11.8. The highest BCUT2D eigenvalue weighted by Gasteiger charge is 2.33. The Labute approximate surface area is 99.2 Å². The molecule has 0 amide bonds. The second-order valence-electron chi connectivity index (χ2n) is 2.69. The van der Waals surface area contributed by atoms with Crippen LogP contribution < -0.4 is 9.47 Å². The molecule has 0 saturated heterocycles. The molecule has 0 aliphatic heterocycles. The first-order chi connectivity index (χ1) is 7.57. The molecule has 0 unspecified atom stereocenters. The van der Waals surface area contributed by atoms with Crippen LogP contribution in [0.4, 0.5) is 26.3 Å². The quantitative estimate of drug-likeness (QED) is 0.757. The molecule has 0 bridgehead atoms. The molecule has 0 saturated carbocycles. The number of hydrogen-bond acceptors (Lipinski definition) is 2. The Balaban J connectivity index is 2.87. The van der Waals surface area contributed by atoms with Crippen LogP contribution in [0.15, 0.2) is 22.7 Å². The van der Waals surface area contributed by atoms with E-state index in [0.717, 1.165) is 0 Å². The van der Waals surface area contributed by atoms with Crippen molar-refractivity contribution in [3.8, 4) is 11.5 Å². The Bertz CT molecular complexity index is 400. The SMILES string of the molecule is FC(F)(F)Oc1ccc(OC(F)(F)F)c(Br)c1. The Morgan fingerprint density at radius 3 is 1.82 bits per heavy atom. The van der Waals surface area contributed by atoms with Crippen LogP contribution in [0.1, 0.15) is 0 Å². The summed E-state index contributed by atoms with van der Waals surface area (Å²) >= 11 is 2.63. The summed E-state index contributed by atoms with van der Waals surface area (Å²) in [6, 6.07) is 2.13. The van der Waals surface area contributed by atoms with E-state index in [2.05, 4.69) is 25.4 Å². The van der Waals surface area contributed by atoms with Crippen LogP contribution in [0.5, 0.6) is 11.5 Å². The number of halogens is 7. The predicted molar refractivity (Wildman–Crippen MR) is 47.5 cm³/mol. The average molecular weight is 325 g/mol. The van der Waals surface area contributed by atoms with Crippen LogP contribution in [-0.4, -0.2) is 12.7 Å². The summed E-state index contributed by atoms with van der Waals surface area (Å²) in [5, 5.41) is 0. The number of ether oxygens (including phenoxy) is 2. The van der Waals surface area contributed by atoms with E-state index in [4.69, 9.17) is 0 Å². The van der Waals surface area contributed by atoms with Gasteiger partial charge in [0.05, 0.1) is 4.47 Å². The Kier molecular flexibility index (Phi) is 3.80. The van der Waals surface area contributed by atoms with Gasteiger partial charge in [0.15, 0.2) is 0 Å². The summed E-state index contributed by atoms with van der Waals surface area (Å²) < 4.78 is 77.6. The molecule has 0 spiro atoms. The minimum absolute atomic E-state index is 0.309. The summed E-state index contributed by atoms with van der Waals surface area (Å²) in [6.07, 6.45) is -9.83. The van der Waals surface area contributed by atoms with Crippen molar-refractivity contribution >= 4 is 15.9 Å². The zero-order chi connectivity index (χ0) is 13.3. The van der Waals surface area contributed by atoms with Gasteiger partial charge in [-0.2, -0.15) is 0 Å². The molecule has 17 heavy (non-hydrogen) atoms. The maximum atomic E-state index is 11.8. The number of alkyl halides is 6. The van der Waals surface area contributed by atoms with Crippen molar-refractivity contribution < 1.29 is 35.8 Å². The van der Waals surface area contributed by atoms with Crippen LogP contribution in [0, 0.1) is 0 Å². The van der Waals surface area contributed by atoms with Gasteiger partial charge in [0.1, 0.15) is 11.5 Å². The largest absolute Gasteiger partial charge is 0.573 e. The van der Waals surface area contributed by atoms with Crippen molar-refractivity contribution in [2.24, 2.45) is 0 Å². The van der Waals surface area contributed by atoms with Gasteiger partial charge in [-0.1, -0.05) is 0 Å². The van der Waals surface area contributed by atoms with E-state index in [1.165, 1.54) is 0 Å². The molecular weight excluding hydrogens is 322 g/mol. The highest BCUT2D eigenvalue weighted by Crippen LogP contribution is 2.34. The van der Waals surface area contributed by atoms with Crippen molar-refractivity contribution in [2.45, 2.75) is 12.7 Å². The van der Waals surface area contributed by atoms with Crippen LogP contribution >= 0.6 is 15.9 Å². The highest BCUT2D eigenvalue weighted by atomic mass is 79.9. The van der Waals surface area contributed by atoms with E-state index in [1.807, 2.05) is 0 Å². The van der Waals surface area contributed by atoms with E-state index >= 15 is 0 Å². The van der Waals surface area contributed by atoms with Gasteiger partial charge in [0.25, 0.3) is 0 Å². The fourth-order valence-corrected chi connectivity index (χ4v) is 1.32. The lowest BCUT2D eigenvalue weighted by Gasteiger charge is -2.13. The molecular formula is C8H3BrF6O2. The highest BCUT2D eigenvalue weighted by molar-refractivity contribution is 9.10. The van der Waals surface area contributed by atoms with Crippen molar-refractivity contribution in [1.82, 2.24) is 0 Å². The summed E-state index contributed by atoms with van der Waals surface area (Å²) in [5.74, 6) is -1.31. The van der Waals surface area contributed by atoms with Gasteiger partial charge < -0.3 is 9.47 Å². The molecule has 1 aromatic rings. The molecule has 0 radical (unpaired) electrons. The van der Waals surface area contributed by atoms with Crippen LogP contribution in [0.2, 0.25) is 0 Å². The molecule has 0 atom stereocenters. The van der Waals surface area contributed by atoms with E-state index < -0.39 is 24.2 Å². The third-order valence-corrected chi connectivity index (χ3v) is 1.98. The number of benzene rings is 1. The van der Waals surface area contributed by atoms with Gasteiger partial charge in [0.2, 0.25) is 0 Å². The third kappa shape index (κ3) is 5.16.